The second kappa shape index (κ2) is 5.25. The number of benzene rings is 2. The van der Waals surface area contributed by atoms with Crippen LogP contribution in [0.25, 0.3) is 0 Å². The highest BCUT2D eigenvalue weighted by molar-refractivity contribution is 6.07. The average molecular weight is 292 g/mol. The van der Waals surface area contributed by atoms with Crippen LogP contribution in [0.2, 0.25) is 0 Å². The molecule has 0 aliphatic carbocycles. The molecule has 0 saturated heterocycles. The van der Waals surface area contributed by atoms with Crippen LogP contribution in [0, 0.1) is 0 Å². The number of rotatable bonds is 1. The molecule has 2 aliphatic heterocycles. The summed E-state index contributed by atoms with van der Waals surface area (Å²) in [7, 11) is 0. The Labute approximate surface area is 131 Å². The van der Waals surface area contributed by atoms with E-state index in [0.717, 1.165) is 37.3 Å². The number of carbonyl (C=O) groups is 1. The van der Waals surface area contributed by atoms with Crippen molar-refractivity contribution in [2.75, 3.05) is 11.4 Å². The molecule has 0 saturated carbocycles. The van der Waals surface area contributed by atoms with Crippen LogP contribution in [-0.4, -0.2) is 12.5 Å². The number of anilines is 1. The van der Waals surface area contributed by atoms with Crippen LogP contribution in [-0.2, 0) is 13.1 Å². The van der Waals surface area contributed by atoms with Crippen molar-refractivity contribution in [1.29, 1.82) is 0 Å². The summed E-state index contributed by atoms with van der Waals surface area (Å²) in [4.78, 5) is 14.9. The molecule has 22 heavy (non-hydrogen) atoms. The Kier molecular flexibility index (Phi) is 3.23. The van der Waals surface area contributed by atoms with Crippen molar-refractivity contribution in [2.24, 2.45) is 0 Å². The molecule has 1 unspecified atom stereocenters. The maximum atomic E-state index is 13.0. The van der Waals surface area contributed by atoms with Crippen LogP contribution in [0.4, 0.5) is 5.69 Å². The molecule has 2 aromatic carbocycles. The summed E-state index contributed by atoms with van der Waals surface area (Å²) in [5.74, 6) is 0.638. The van der Waals surface area contributed by atoms with E-state index in [1.54, 1.807) is 0 Å². The fraction of sp³-hybridized carbons (Fsp3) is 0.316. The third-order valence-corrected chi connectivity index (χ3v) is 4.87. The minimum Gasteiger partial charge on any atom is -0.309 e. The highest BCUT2D eigenvalue weighted by Gasteiger charge is 2.27. The molecule has 2 aromatic rings. The lowest BCUT2D eigenvalue weighted by molar-refractivity contribution is 0.0984. The second-order valence-electron chi connectivity index (χ2n) is 6.29. The summed E-state index contributed by atoms with van der Waals surface area (Å²) in [5, 5.41) is 3.33. The van der Waals surface area contributed by atoms with E-state index in [2.05, 4.69) is 42.6 Å². The van der Waals surface area contributed by atoms with Gasteiger partial charge < -0.3 is 10.2 Å². The standard InChI is InChI=1S/C19H20N2O/c1-13-8-9-21(18-5-3-2-4-17(13)18)19(22)14-6-7-15-11-20-12-16(15)10-14/h2-7,10,13,20H,8-9,11-12H2,1H3. The van der Waals surface area contributed by atoms with Gasteiger partial charge in [0.1, 0.15) is 0 Å². The van der Waals surface area contributed by atoms with Crippen molar-refractivity contribution in [1.82, 2.24) is 5.32 Å². The minimum absolute atomic E-state index is 0.119. The van der Waals surface area contributed by atoms with Crippen molar-refractivity contribution in [2.45, 2.75) is 32.4 Å². The molecule has 4 rings (SSSR count). The van der Waals surface area contributed by atoms with E-state index in [1.807, 2.05) is 17.0 Å². The van der Waals surface area contributed by atoms with Crippen molar-refractivity contribution < 1.29 is 4.79 Å². The number of para-hydroxylation sites is 1. The quantitative estimate of drug-likeness (QED) is 0.873. The van der Waals surface area contributed by atoms with Gasteiger partial charge in [-0.1, -0.05) is 31.2 Å². The first-order chi connectivity index (χ1) is 10.7. The number of amides is 1. The Morgan fingerprint density at radius 2 is 1.95 bits per heavy atom. The van der Waals surface area contributed by atoms with Crippen molar-refractivity contribution in [3.05, 3.63) is 64.7 Å². The van der Waals surface area contributed by atoms with Gasteiger partial charge in [0.05, 0.1) is 0 Å². The average Bonchev–Trinajstić information content (AvgIpc) is 3.02. The van der Waals surface area contributed by atoms with Gasteiger partial charge >= 0.3 is 0 Å². The van der Waals surface area contributed by atoms with E-state index in [-0.39, 0.29) is 5.91 Å². The van der Waals surface area contributed by atoms with Gasteiger partial charge in [-0.05, 0) is 47.2 Å². The van der Waals surface area contributed by atoms with E-state index in [0.29, 0.717) is 5.92 Å². The van der Waals surface area contributed by atoms with Gasteiger partial charge in [0.25, 0.3) is 5.91 Å². The number of hydrogen-bond acceptors (Lipinski definition) is 2. The number of carbonyl (C=O) groups excluding carboxylic acids is 1. The summed E-state index contributed by atoms with van der Waals surface area (Å²) in [5.41, 5.74) is 5.72. The lowest BCUT2D eigenvalue weighted by Gasteiger charge is -2.33. The molecule has 0 bridgehead atoms. The maximum absolute atomic E-state index is 13.0. The zero-order valence-electron chi connectivity index (χ0n) is 12.8. The molecule has 0 fully saturated rings. The molecular formula is C19H20N2O. The Bertz CT molecular complexity index is 738. The van der Waals surface area contributed by atoms with Crippen LogP contribution in [0.5, 0.6) is 0 Å². The first-order valence-corrected chi connectivity index (χ1v) is 7.97. The summed E-state index contributed by atoms with van der Waals surface area (Å²) in [6, 6.07) is 14.4. The van der Waals surface area contributed by atoms with Crippen LogP contribution in [0.15, 0.2) is 42.5 Å². The largest absolute Gasteiger partial charge is 0.309 e. The van der Waals surface area contributed by atoms with Crippen molar-refractivity contribution in [3.8, 4) is 0 Å². The Balaban J connectivity index is 1.70. The third kappa shape index (κ3) is 2.13. The van der Waals surface area contributed by atoms with Gasteiger partial charge in [0, 0.05) is 30.9 Å². The van der Waals surface area contributed by atoms with Gasteiger partial charge in [-0.2, -0.15) is 0 Å². The van der Waals surface area contributed by atoms with Crippen molar-refractivity contribution >= 4 is 11.6 Å². The molecule has 1 amide bonds. The second-order valence-corrected chi connectivity index (χ2v) is 6.29. The summed E-state index contributed by atoms with van der Waals surface area (Å²) in [6.45, 7) is 4.81. The SMILES string of the molecule is CC1CCN(C(=O)c2ccc3c(c2)CNC3)c2ccccc21. The Hall–Kier alpha value is -2.13. The molecule has 3 heteroatoms. The number of fused-ring (bicyclic) bond motifs is 2. The Morgan fingerprint density at radius 3 is 2.86 bits per heavy atom. The van der Waals surface area contributed by atoms with E-state index < -0.39 is 0 Å². The number of hydrogen-bond donors (Lipinski definition) is 1. The zero-order chi connectivity index (χ0) is 15.1. The van der Waals surface area contributed by atoms with Crippen LogP contribution in [0.3, 0.4) is 0 Å². The van der Waals surface area contributed by atoms with Gasteiger partial charge in [0.2, 0.25) is 0 Å². The van der Waals surface area contributed by atoms with Crippen LogP contribution in [0.1, 0.15) is 46.3 Å². The van der Waals surface area contributed by atoms with E-state index in [1.165, 1.54) is 16.7 Å². The minimum atomic E-state index is 0.119. The molecule has 0 spiro atoms. The summed E-state index contributed by atoms with van der Waals surface area (Å²) >= 11 is 0. The highest BCUT2D eigenvalue weighted by Crippen LogP contribution is 2.35. The third-order valence-electron chi connectivity index (χ3n) is 4.87. The summed E-state index contributed by atoms with van der Waals surface area (Å²) < 4.78 is 0. The fourth-order valence-corrected chi connectivity index (χ4v) is 3.54. The van der Waals surface area contributed by atoms with Gasteiger partial charge in [-0.15, -0.1) is 0 Å². The monoisotopic (exact) mass is 292 g/mol. The fourth-order valence-electron chi connectivity index (χ4n) is 3.54. The van der Waals surface area contributed by atoms with Gasteiger partial charge in [-0.3, -0.25) is 4.79 Å². The van der Waals surface area contributed by atoms with Crippen molar-refractivity contribution in [3.63, 3.8) is 0 Å². The Morgan fingerprint density at radius 1 is 1.14 bits per heavy atom. The predicted molar refractivity (Wildman–Crippen MR) is 88.1 cm³/mol. The first-order valence-electron chi connectivity index (χ1n) is 7.97. The molecule has 2 aliphatic rings. The number of nitrogens with zero attached hydrogens (tertiary/aromatic N) is 1. The molecular weight excluding hydrogens is 272 g/mol. The predicted octanol–water partition coefficient (Wildman–Crippen LogP) is 3.44. The molecule has 3 nitrogen and oxygen atoms in total. The number of nitrogens with one attached hydrogen (secondary N) is 1. The molecule has 0 aromatic heterocycles. The topological polar surface area (TPSA) is 32.3 Å². The molecule has 2 heterocycles. The smallest absolute Gasteiger partial charge is 0.258 e. The van der Waals surface area contributed by atoms with Gasteiger partial charge in [-0.25, -0.2) is 0 Å². The van der Waals surface area contributed by atoms with Gasteiger partial charge in [0.15, 0.2) is 0 Å². The normalized spacial score (nSPS) is 19.7. The van der Waals surface area contributed by atoms with E-state index in [9.17, 15) is 4.79 Å². The summed E-state index contributed by atoms with van der Waals surface area (Å²) in [6.07, 6.45) is 1.02. The van der Waals surface area contributed by atoms with Crippen LogP contribution >= 0.6 is 0 Å². The van der Waals surface area contributed by atoms with E-state index in [4.69, 9.17) is 0 Å². The molecule has 1 N–H and O–H groups in total. The zero-order valence-corrected chi connectivity index (χ0v) is 12.8. The molecule has 112 valence electrons. The first kappa shape index (κ1) is 13.5. The lowest BCUT2D eigenvalue weighted by atomic mass is 9.91. The highest BCUT2D eigenvalue weighted by atomic mass is 16.2. The van der Waals surface area contributed by atoms with E-state index >= 15 is 0 Å². The maximum Gasteiger partial charge on any atom is 0.258 e. The molecule has 0 radical (unpaired) electrons. The lowest BCUT2D eigenvalue weighted by Crippen LogP contribution is -2.36. The van der Waals surface area contributed by atoms with Crippen LogP contribution < -0.4 is 10.2 Å². The molecule has 1 atom stereocenters.